The normalized spacial score (nSPS) is 17.9. The minimum atomic E-state index is -3.65. The van der Waals surface area contributed by atoms with Crippen LogP contribution >= 0.6 is 11.6 Å². The second-order valence-electron chi connectivity index (χ2n) is 7.63. The third-order valence-electron chi connectivity index (χ3n) is 5.50. The highest BCUT2D eigenvalue weighted by Gasteiger charge is 2.33. The first-order valence-electron chi connectivity index (χ1n) is 10.3. The fraction of sp³-hybridized carbons (Fsp3) is 0.318. The molecule has 0 unspecified atom stereocenters. The Labute approximate surface area is 192 Å². The highest BCUT2D eigenvalue weighted by molar-refractivity contribution is 7.89. The van der Waals surface area contributed by atoms with Gasteiger partial charge in [0.1, 0.15) is 5.71 Å². The summed E-state index contributed by atoms with van der Waals surface area (Å²) < 4.78 is 27.1. The molecule has 2 amide bonds. The van der Waals surface area contributed by atoms with Gasteiger partial charge in [-0.05, 0) is 29.8 Å². The third kappa shape index (κ3) is 4.85. The van der Waals surface area contributed by atoms with Gasteiger partial charge < -0.3 is 4.90 Å². The van der Waals surface area contributed by atoms with Gasteiger partial charge in [0.05, 0.1) is 11.4 Å². The van der Waals surface area contributed by atoms with Gasteiger partial charge in [-0.25, -0.2) is 13.4 Å². The number of carbonyl (C=O) groups excluding carboxylic acids is 2. The number of sulfonamides is 1. The first-order valence-corrected chi connectivity index (χ1v) is 12.1. The van der Waals surface area contributed by atoms with E-state index in [9.17, 15) is 18.0 Å². The Morgan fingerprint density at radius 2 is 1.59 bits per heavy atom. The summed E-state index contributed by atoms with van der Waals surface area (Å²) in [5, 5.41) is 6.13. The van der Waals surface area contributed by atoms with Crippen LogP contribution in [0.1, 0.15) is 18.4 Å². The fourth-order valence-electron chi connectivity index (χ4n) is 3.71. The summed E-state index contributed by atoms with van der Waals surface area (Å²) >= 11 is 5.85. The van der Waals surface area contributed by atoms with Crippen molar-refractivity contribution < 1.29 is 18.0 Å². The molecule has 0 spiro atoms. The zero-order valence-electron chi connectivity index (χ0n) is 17.4. The molecule has 2 aromatic rings. The van der Waals surface area contributed by atoms with Gasteiger partial charge in [-0.2, -0.15) is 9.41 Å². The summed E-state index contributed by atoms with van der Waals surface area (Å²) in [7, 11) is -3.65. The van der Waals surface area contributed by atoms with Gasteiger partial charge in [-0.15, -0.1) is 0 Å². The van der Waals surface area contributed by atoms with Crippen LogP contribution in [0.4, 0.5) is 0 Å². The van der Waals surface area contributed by atoms with Crippen LogP contribution in [0.15, 0.2) is 64.6 Å². The van der Waals surface area contributed by atoms with Crippen molar-refractivity contribution in [3.63, 3.8) is 0 Å². The van der Waals surface area contributed by atoms with E-state index in [1.165, 1.54) is 33.6 Å². The van der Waals surface area contributed by atoms with E-state index in [0.717, 1.165) is 5.56 Å². The summed E-state index contributed by atoms with van der Waals surface area (Å²) in [6.07, 6.45) is 0.508. The van der Waals surface area contributed by atoms with E-state index in [4.69, 9.17) is 11.6 Å². The van der Waals surface area contributed by atoms with Crippen molar-refractivity contribution in [1.29, 1.82) is 0 Å². The lowest BCUT2D eigenvalue weighted by Gasteiger charge is -2.35. The minimum Gasteiger partial charge on any atom is -0.335 e. The van der Waals surface area contributed by atoms with Gasteiger partial charge in [-0.1, -0.05) is 41.9 Å². The molecule has 1 saturated heterocycles. The molecule has 32 heavy (non-hydrogen) atoms. The molecular weight excluding hydrogens is 452 g/mol. The average Bonchev–Trinajstić information content (AvgIpc) is 2.81. The molecule has 0 bridgehead atoms. The Morgan fingerprint density at radius 3 is 2.25 bits per heavy atom. The van der Waals surface area contributed by atoms with Crippen LogP contribution in [0.25, 0.3) is 0 Å². The van der Waals surface area contributed by atoms with Gasteiger partial charge in [0.15, 0.2) is 0 Å². The van der Waals surface area contributed by atoms with Gasteiger partial charge in [0, 0.05) is 44.0 Å². The first-order chi connectivity index (χ1) is 15.3. The molecule has 0 aliphatic carbocycles. The van der Waals surface area contributed by atoms with Crippen molar-refractivity contribution >= 4 is 39.2 Å². The van der Waals surface area contributed by atoms with Crippen LogP contribution in [0, 0.1) is 0 Å². The van der Waals surface area contributed by atoms with Crippen LogP contribution in [0.2, 0.25) is 5.02 Å². The second kappa shape index (κ2) is 9.40. The number of hydrazone groups is 1. The summed E-state index contributed by atoms with van der Waals surface area (Å²) in [5.41, 5.74) is 1.26. The standard InChI is InChI=1S/C22H23ClN4O4S/c23-18-6-8-19(9-7-18)32(30,31)26-14-12-25(13-15-26)22(29)20-10-11-21(28)27(24-20)16-17-4-2-1-3-5-17/h1-9H,10-16H2. The van der Waals surface area contributed by atoms with Crippen molar-refractivity contribution in [3.05, 3.63) is 65.2 Å². The molecule has 2 heterocycles. The smallest absolute Gasteiger partial charge is 0.270 e. The number of halogens is 1. The number of hydrogen-bond donors (Lipinski definition) is 0. The molecular formula is C22H23ClN4O4S. The Kier molecular flexibility index (Phi) is 6.59. The van der Waals surface area contributed by atoms with Crippen LogP contribution in [-0.2, 0) is 26.2 Å². The lowest BCUT2D eigenvalue weighted by Crippen LogP contribution is -2.52. The lowest BCUT2D eigenvalue weighted by molar-refractivity contribution is -0.132. The number of benzene rings is 2. The summed E-state index contributed by atoms with van der Waals surface area (Å²) in [6.45, 7) is 1.21. The number of hydrogen-bond acceptors (Lipinski definition) is 5. The maximum absolute atomic E-state index is 13.0. The molecule has 0 aromatic heterocycles. The number of piperazine rings is 1. The van der Waals surface area contributed by atoms with Gasteiger partial charge >= 0.3 is 0 Å². The number of carbonyl (C=O) groups is 2. The highest BCUT2D eigenvalue weighted by Crippen LogP contribution is 2.21. The van der Waals surface area contributed by atoms with E-state index in [-0.39, 0.29) is 55.7 Å². The van der Waals surface area contributed by atoms with Crippen molar-refractivity contribution in [2.75, 3.05) is 26.2 Å². The zero-order chi connectivity index (χ0) is 22.7. The van der Waals surface area contributed by atoms with Crippen LogP contribution in [0.5, 0.6) is 0 Å². The molecule has 0 saturated carbocycles. The first kappa shape index (κ1) is 22.4. The third-order valence-corrected chi connectivity index (χ3v) is 7.67. The van der Waals surface area contributed by atoms with E-state index in [0.29, 0.717) is 17.3 Å². The van der Waals surface area contributed by atoms with Crippen LogP contribution in [-0.4, -0.2) is 66.3 Å². The number of rotatable bonds is 5. The largest absolute Gasteiger partial charge is 0.335 e. The molecule has 2 aliphatic rings. The Hall–Kier alpha value is -2.75. The van der Waals surface area contributed by atoms with E-state index in [2.05, 4.69) is 5.10 Å². The van der Waals surface area contributed by atoms with E-state index >= 15 is 0 Å². The quantitative estimate of drug-likeness (QED) is 0.665. The van der Waals surface area contributed by atoms with Crippen LogP contribution < -0.4 is 0 Å². The predicted octanol–water partition coefficient (Wildman–Crippen LogP) is 2.35. The molecule has 1 fully saturated rings. The Balaban J connectivity index is 1.41. The number of amides is 2. The Morgan fingerprint density at radius 1 is 0.938 bits per heavy atom. The molecule has 10 heteroatoms. The van der Waals surface area contributed by atoms with E-state index in [1.54, 1.807) is 4.90 Å². The lowest BCUT2D eigenvalue weighted by atomic mass is 10.1. The maximum Gasteiger partial charge on any atom is 0.270 e. The molecule has 0 N–H and O–H groups in total. The van der Waals surface area contributed by atoms with Gasteiger partial charge in [0.2, 0.25) is 15.9 Å². The predicted molar refractivity (Wildman–Crippen MR) is 120 cm³/mol. The van der Waals surface area contributed by atoms with Crippen molar-refractivity contribution in [3.8, 4) is 0 Å². The van der Waals surface area contributed by atoms with Crippen molar-refractivity contribution in [1.82, 2.24) is 14.2 Å². The van der Waals surface area contributed by atoms with Gasteiger partial charge in [0.25, 0.3) is 5.91 Å². The SMILES string of the molecule is O=C(C1=NN(Cc2ccccc2)C(=O)CC1)N1CCN(S(=O)(=O)c2ccc(Cl)cc2)CC1. The summed E-state index contributed by atoms with van der Waals surface area (Å²) in [4.78, 5) is 27.0. The van der Waals surface area contributed by atoms with Gasteiger partial charge in [-0.3, -0.25) is 9.59 Å². The maximum atomic E-state index is 13.0. The average molecular weight is 475 g/mol. The highest BCUT2D eigenvalue weighted by atomic mass is 35.5. The monoisotopic (exact) mass is 474 g/mol. The van der Waals surface area contributed by atoms with E-state index < -0.39 is 10.0 Å². The molecule has 2 aliphatic heterocycles. The fourth-order valence-corrected chi connectivity index (χ4v) is 5.25. The Bertz CT molecular complexity index is 1130. The zero-order valence-corrected chi connectivity index (χ0v) is 18.9. The second-order valence-corrected chi connectivity index (χ2v) is 10.0. The molecule has 8 nitrogen and oxygen atoms in total. The number of nitrogens with zero attached hydrogens (tertiary/aromatic N) is 4. The van der Waals surface area contributed by atoms with Crippen LogP contribution in [0.3, 0.4) is 0 Å². The summed E-state index contributed by atoms with van der Waals surface area (Å²) in [6, 6.07) is 15.5. The molecule has 2 aromatic carbocycles. The topological polar surface area (TPSA) is 90.4 Å². The van der Waals surface area contributed by atoms with E-state index in [1.807, 2.05) is 30.3 Å². The molecule has 0 atom stereocenters. The molecule has 0 radical (unpaired) electrons. The summed E-state index contributed by atoms with van der Waals surface area (Å²) in [5.74, 6) is -0.372. The van der Waals surface area contributed by atoms with Crippen molar-refractivity contribution in [2.24, 2.45) is 5.10 Å². The minimum absolute atomic E-state index is 0.121. The molecule has 4 rings (SSSR count). The van der Waals surface area contributed by atoms with Crippen molar-refractivity contribution in [2.45, 2.75) is 24.3 Å². The molecule has 168 valence electrons.